The number of carbonyl (C=O) groups is 2. The van der Waals surface area contributed by atoms with Gasteiger partial charge in [0.2, 0.25) is 5.91 Å². The minimum atomic E-state index is -2.88. The SMILES string of the molecule is C[C@H]1[C@H]([Si](C)(C)O)[C@@H](CCO)O[C@]12C(=O)N(Cc1ccc(NC(=O)C3CCCNC3)cc1)c1ccc([N+](=O)[O-])cc12. The van der Waals surface area contributed by atoms with Gasteiger partial charge in [-0.3, -0.25) is 19.7 Å². The highest BCUT2D eigenvalue weighted by Crippen LogP contribution is 2.60. The van der Waals surface area contributed by atoms with Crippen LogP contribution in [-0.4, -0.2) is 60.8 Å². The summed E-state index contributed by atoms with van der Waals surface area (Å²) < 4.78 is 6.51. The fourth-order valence-corrected chi connectivity index (χ4v) is 9.53. The average Bonchev–Trinajstić information content (AvgIpc) is 3.36. The highest BCUT2D eigenvalue weighted by Gasteiger charge is 2.66. The van der Waals surface area contributed by atoms with Crippen molar-refractivity contribution in [1.29, 1.82) is 0 Å². The third-order valence-electron chi connectivity index (χ3n) is 8.82. The average molecular weight is 583 g/mol. The Morgan fingerprint density at radius 2 is 2.00 bits per heavy atom. The van der Waals surface area contributed by atoms with E-state index >= 15 is 0 Å². The number of hydrogen-bond acceptors (Lipinski definition) is 8. The molecule has 2 amide bonds. The van der Waals surface area contributed by atoms with Crippen LogP contribution in [0.3, 0.4) is 0 Å². The van der Waals surface area contributed by atoms with E-state index in [-0.39, 0.29) is 48.5 Å². The second-order valence-corrected chi connectivity index (χ2v) is 15.9. The molecule has 2 saturated heterocycles. The summed E-state index contributed by atoms with van der Waals surface area (Å²) in [5, 5.41) is 27.7. The number of ether oxygens (including phenoxy) is 1. The van der Waals surface area contributed by atoms with E-state index in [1.54, 1.807) is 36.2 Å². The summed E-state index contributed by atoms with van der Waals surface area (Å²) in [6.07, 6.45) is 1.49. The summed E-state index contributed by atoms with van der Waals surface area (Å²) in [4.78, 5) is 51.0. The number of hydrogen-bond donors (Lipinski definition) is 4. The van der Waals surface area contributed by atoms with Gasteiger partial charge in [-0.15, -0.1) is 0 Å². The van der Waals surface area contributed by atoms with E-state index in [0.717, 1.165) is 24.9 Å². The Kier molecular flexibility index (Phi) is 8.05. The molecule has 3 aliphatic heterocycles. The van der Waals surface area contributed by atoms with Crippen LogP contribution in [0, 0.1) is 22.0 Å². The lowest BCUT2D eigenvalue weighted by Crippen LogP contribution is -2.46. The summed E-state index contributed by atoms with van der Waals surface area (Å²) in [7, 11) is -2.88. The summed E-state index contributed by atoms with van der Waals surface area (Å²) >= 11 is 0. The Hall–Kier alpha value is -3.16. The van der Waals surface area contributed by atoms with Gasteiger partial charge in [0.25, 0.3) is 11.6 Å². The third kappa shape index (κ3) is 5.30. The summed E-state index contributed by atoms with van der Waals surface area (Å²) in [6.45, 7) is 7.05. The van der Waals surface area contributed by atoms with Gasteiger partial charge in [0, 0.05) is 48.0 Å². The molecule has 11 nitrogen and oxygen atoms in total. The maximum Gasteiger partial charge on any atom is 0.269 e. The number of rotatable bonds is 8. The molecule has 0 saturated carbocycles. The maximum absolute atomic E-state index is 14.3. The van der Waals surface area contributed by atoms with E-state index in [9.17, 15) is 29.6 Å². The quantitative estimate of drug-likeness (QED) is 0.210. The zero-order valence-electron chi connectivity index (χ0n) is 23.6. The molecule has 0 aromatic heterocycles. The number of non-ortho nitro benzene ring substituents is 1. The number of piperidine rings is 1. The van der Waals surface area contributed by atoms with Crippen LogP contribution < -0.4 is 15.5 Å². The van der Waals surface area contributed by atoms with Crippen LogP contribution in [0.1, 0.15) is 37.3 Å². The molecule has 3 heterocycles. The molecule has 0 aliphatic carbocycles. The lowest BCUT2D eigenvalue weighted by atomic mass is 9.82. The number of benzene rings is 2. The third-order valence-corrected chi connectivity index (χ3v) is 11.3. The maximum atomic E-state index is 14.3. The molecule has 3 aliphatic rings. The van der Waals surface area contributed by atoms with Crippen molar-refractivity contribution in [3.63, 3.8) is 0 Å². The summed E-state index contributed by atoms with van der Waals surface area (Å²) in [5.74, 6) is -0.907. The highest BCUT2D eigenvalue weighted by molar-refractivity contribution is 6.71. The lowest BCUT2D eigenvalue weighted by molar-refractivity contribution is -0.385. The van der Waals surface area contributed by atoms with Crippen LogP contribution in [0.4, 0.5) is 17.1 Å². The van der Waals surface area contributed by atoms with Crippen molar-refractivity contribution >= 4 is 37.2 Å². The van der Waals surface area contributed by atoms with Crippen molar-refractivity contribution in [3.05, 3.63) is 63.7 Å². The lowest BCUT2D eigenvalue weighted by Gasteiger charge is -2.32. The van der Waals surface area contributed by atoms with E-state index in [0.29, 0.717) is 23.5 Å². The molecule has 4 N–H and O–H groups in total. The van der Waals surface area contributed by atoms with E-state index in [1.165, 1.54) is 12.1 Å². The Labute approximate surface area is 240 Å². The van der Waals surface area contributed by atoms with Crippen LogP contribution in [0.25, 0.3) is 0 Å². The minimum Gasteiger partial charge on any atom is -0.432 e. The van der Waals surface area contributed by atoms with Gasteiger partial charge in [0.1, 0.15) is 0 Å². The molecule has 1 unspecified atom stereocenters. The van der Waals surface area contributed by atoms with Gasteiger partial charge in [0.05, 0.1) is 29.2 Å². The Morgan fingerprint density at radius 3 is 2.61 bits per heavy atom. The van der Waals surface area contributed by atoms with Gasteiger partial charge in [-0.05, 0) is 62.7 Å². The first-order chi connectivity index (χ1) is 19.5. The van der Waals surface area contributed by atoms with Crippen LogP contribution in [0.15, 0.2) is 42.5 Å². The predicted octanol–water partition coefficient (Wildman–Crippen LogP) is 3.26. The van der Waals surface area contributed by atoms with Crippen molar-refractivity contribution in [2.24, 2.45) is 11.8 Å². The van der Waals surface area contributed by atoms with Crippen molar-refractivity contribution in [2.45, 2.75) is 63.1 Å². The van der Waals surface area contributed by atoms with Gasteiger partial charge in [0.15, 0.2) is 13.9 Å². The molecule has 0 radical (unpaired) electrons. The standard InChI is InChI=1S/C29H38N4O7Si/c1-18-26(41(2,3)39)25(12-14-34)40-29(18)23-15-22(33(37)38)10-11-24(23)32(28(29)36)17-19-6-8-21(9-7-19)31-27(35)20-5-4-13-30-16-20/h6-11,15,18,20,25-26,30,34,39H,4-5,12-14,16-17H2,1-3H3,(H,31,35)/t18-,20?,25+,26-,29+/m0/s1. The van der Waals surface area contributed by atoms with E-state index in [4.69, 9.17) is 4.74 Å². The topological polar surface area (TPSA) is 154 Å². The normalized spacial score (nSPS) is 27.7. The molecule has 41 heavy (non-hydrogen) atoms. The number of aliphatic hydroxyl groups excluding tert-OH is 1. The number of nitrogens with zero attached hydrogens (tertiary/aromatic N) is 2. The summed E-state index contributed by atoms with van der Waals surface area (Å²) in [6, 6.07) is 11.7. The van der Waals surface area contributed by atoms with E-state index < -0.39 is 30.9 Å². The largest absolute Gasteiger partial charge is 0.432 e. The number of nitrogens with one attached hydrogen (secondary N) is 2. The predicted molar refractivity (Wildman–Crippen MR) is 156 cm³/mol. The molecule has 2 aromatic carbocycles. The van der Waals surface area contributed by atoms with Gasteiger partial charge < -0.3 is 30.2 Å². The first-order valence-corrected chi connectivity index (χ1v) is 17.2. The van der Waals surface area contributed by atoms with Crippen molar-refractivity contribution < 1.29 is 29.2 Å². The first kappa shape index (κ1) is 29.3. The summed E-state index contributed by atoms with van der Waals surface area (Å²) in [5.41, 5.74) is 0.386. The zero-order valence-corrected chi connectivity index (χ0v) is 24.6. The van der Waals surface area contributed by atoms with Crippen molar-refractivity contribution in [2.75, 3.05) is 29.9 Å². The van der Waals surface area contributed by atoms with Gasteiger partial charge in [-0.2, -0.15) is 0 Å². The van der Waals surface area contributed by atoms with Crippen molar-refractivity contribution in [1.82, 2.24) is 5.32 Å². The Bertz CT molecular complexity index is 1330. The Balaban J connectivity index is 1.45. The molecule has 2 fully saturated rings. The number of anilines is 2. The fourth-order valence-electron chi connectivity index (χ4n) is 6.93. The van der Waals surface area contributed by atoms with Gasteiger partial charge >= 0.3 is 0 Å². The number of nitro benzene ring substituents is 1. The van der Waals surface area contributed by atoms with Crippen LogP contribution in [-0.2, 0) is 26.5 Å². The second kappa shape index (κ2) is 11.3. The smallest absolute Gasteiger partial charge is 0.269 e. The molecule has 5 rings (SSSR count). The second-order valence-electron chi connectivity index (χ2n) is 12.0. The van der Waals surface area contributed by atoms with Crippen molar-refractivity contribution in [3.8, 4) is 0 Å². The number of amides is 2. The van der Waals surface area contributed by atoms with Gasteiger partial charge in [-0.25, -0.2) is 0 Å². The van der Waals surface area contributed by atoms with E-state index in [1.807, 2.05) is 19.1 Å². The van der Waals surface area contributed by atoms with E-state index in [2.05, 4.69) is 10.6 Å². The van der Waals surface area contributed by atoms with Crippen LogP contribution in [0.5, 0.6) is 0 Å². The monoisotopic (exact) mass is 582 g/mol. The number of aliphatic hydroxyl groups is 1. The Morgan fingerprint density at radius 1 is 1.27 bits per heavy atom. The van der Waals surface area contributed by atoms with Gasteiger partial charge in [-0.1, -0.05) is 19.1 Å². The molecule has 5 atom stereocenters. The molecule has 2 aromatic rings. The fraction of sp³-hybridized carbons (Fsp3) is 0.517. The number of nitro groups is 1. The molecule has 220 valence electrons. The highest BCUT2D eigenvalue weighted by atomic mass is 28.4. The molecule has 1 spiro atoms. The zero-order chi connectivity index (χ0) is 29.5. The molecular formula is C29H38N4O7Si. The number of carbonyl (C=O) groups excluding carboxylic acids is 2. The first-order valence-electron chi connectivity index (χ1n) is 14.2. The minimum absolute atomic E-state index is 0.0214. The van der Waals surface area contributed by atoms with Crippen LogP contribution >= 0.6 is 0 Å². The number of fused-ring (bicyclic) bond motifs is 2. The molecule has 0 bridgehead atoms. The molecule has 12 heteroatoms. The van der Waals surface area contributed by atoms with Crippen LogP contribution in [0.2, 0.25) is 18.6 Å². The molecular weight excluding hydrogens is 544 g/mol.